The van der Waals surface area contributed by atoms with Crippen LogP contribution in [0, 0.1) is 28.5 Å². The van der Waals surface area contributed by atoms with Crippen LogP contribution < -0.4 is 0 Å². The van der Waals surface area contributed by atoms with Crippen LogP contribution in [0.4, 0.5) is 4.39 Å². The normalized spacial score (nSPS) is 25.4. The summed E-state index contributed by atoms with van der Waals surface area (Å²) in [6.45, 7) is 12.0. The van der Waals surface area contributed by atoms with E-state index in [1.807, 2.05) is 6.08 Å². The van der Waals surface area contributed by atoms with E-state index >= 15 is 0 Å². The van der Waals surface area contributed by atoms with Crippen LogP contribution in [0.15, 0.2) is 54.3 Å². The van der Waals surface area contributed by atoms with Gasteiger partial charge in [0.25, 0.3) is 0 Å². The molecule has 6 nitrogen and oxygen atoms in total. The van der Waals surface area contributed by atoms with Gasteiger partial charge in [0, 0.05) is 0 Å². The summed E-state index contributed by atoms with van der Waals surface area (Å²) in [5.41, 5.74) is 3.58. The second-order valence-corrected chi connectivity index (χ2v) is 11.7. The Morgan fingerprint density at radius 2 is 2.00 bits per heavy atom. The first-order chi connectivity index (χ1) is 17.6. The molecule has 0 radical (unpaired) electrons. The molecule has 2 fully saturated rings. The molecule has 0 spiro atoms. The average molecular weight is 508 g/mol. The lowest BCUT2D eigenvalue weighted by atomic mass is 9.47. The number of fused-ring (bicyclic) bond motifs is 1. The van der Waals surface area contributed by atoms with Crippen LogP contribution in [-0.2, 0) is 27.5 Å². The molecule has 0 amide bonds. The highest BCUT2D eigenvalue weighted by Gasteiger charge is 2.52. The molecule has 2 aliphatic rings. The predicted molar refractivity (Wildman–Crippen MR) is 140 cm³/mol. The summed E-state index contributed by atoms with van der Waals surface area (Å²) in [5.74, 6) is 0.183. The number of aldehydes is 1. The van der Waals surface area contributed by atoms with Crippen molar-refractivity contribution in [2.45, 2.75) is 78.9 Å². The molecular weight excluding hydrogens is 469 g/mol. The summed E-state index contributed by atoms with van der Waals surface area (Å²) < 4.78 is 20.0. The van der Waals surface area contributed by atoms with E-state index in [0.29, 0.717) is 35.1 Å². The number of hydrogen-bond donors (Lipinski definition) is 0. The van der Waals surface area contributed by atoms with Crippen molar-refractivity contribution in [3.63, 3.8) is 0 Å². The van der Waals surface area contributed by atoms with Crippen molar-refractivity contribution in [3.8, 4) is 0 Å². The van der Waals surface area contributed by atoms with Crippen LogP contribution in [-0.4, -0.2) is 27.2 Å². The number of ether oxygens (including phenoxy) is 1. The van der Waals surface area contributed by atoms with Gasteiger partial charge in [-0.05, 0) is 78.0 Å². The smallest absolute Gasteiger partial charge is 0.310 e. The predicted octanol–water partition coefficient (Wildman–Crippen LogP) is 6.21. The molecule has 37 heavy (non-hydrogen) atoms. The molecule has 4 rings (SSSR count). The van der Waals surface area contributed by atoms with Crippen molar-refractivity contribution < 1.29 is 18.7 Å². The number of aromatic nitrogens is 3. The minimum atomic E-state index is -0.475. The monoisotopic (exact) mass is 507 g/mol. The summed E-state index contributed by atoms with van der Waals surface area (Å²) in [6, 6.07) is 6.15. The third-order valence-electron chi connectivity index (χ3n) is 8.66. The van der Waals surface area contributed by atoms with Crippen LogP contribution in [0.5, 0.6) is 0 Å². The second kappa shape index (κ2) is 11.1. The van der Waals surface area contributed by atoms with Crippen LogP contribution in [0.3, 0.4) is 0 Å². The summed E-state index contributed by atoms with van der Waals surface area (Å²) in [7, 11) is 0. The number of allylic oxidation sites excluding steroid dienone is 2. The fourth-order valence-electron chi connectivity index (χ4n) is 6.77. The van der Waals surface area contributed by atoms with Crippen molar-refractivity contribution in [2.75, 3.05) is 0 Å². The van der Waals surface area contributed by atoms with Crippen LogP contribution in [0.25, 0.3) is 0 Å². The number of carbonyl (C=O) groups is 2. The molecule has 2 aliphatic carbocycles. The zero-order chi connectivity index (χ0) is 26.6. The van der Waals surface area contributed by atoms with E-state index in [1.54, 1.807) is 23.0 Å². The summed E-state index contributed by atoms with van der Waals surface area (Å²) in [4.78, 5) is 24.3. The van der Waals surface area contributed by atoms with E-state index in [2.05, 4.69) is 37.7 Å². The van der Waals surface area contributed by atoms with Gasteiger partial charge in [-0.25, -0.2) is 9.07 Å². The first kappa shape index (κ1) is 27.0. The molecule has 0 aliphatic heterocycles. The van der Waals surface area contributed by atoms with Crippen LogP contribution >= 0.6 is 0 Å². The fraction of sp³-hybridized carbons (Fsp3) is 0.533. The maximum Gasteiger partial charge on any atom is 0.310 e. The van der Waals surface area contributed by atoms with Gasteiger partial charge < -0.3 is 4.74 Å². The number of nitrogens with zero attached hydrogens (tertiary/aromatic N) is 3. The van der Waals surface area contributed by atoms with Crippen molar-refractivity contribution in [2.24, 2.45) is 22.7 Å². The molecule has 0 N–H and O–H groups in total. The molecule has 1 heterocycles. The number of carbonyl (C=O) groups excluding carboxylic acids is 2. The molecular formula is C30H38FN3O3. The standard InChI is InChI=1S/C30H38FN3O3/c1-21-6-13-27-29(2,3)14-5-15-30(27,4)26(21)12-9-23(19-35)16-28(36)37-20-25-18-34(33-32-25)17-22-7-10-24(31)11-8-22/h7-11,18-19,26-27H,1,5-6,12-17,20H2,2-4H3/b23-9+/t26?,27-,30+/m0/s1. The Balaban J connectivity index is 1.32. The lowest BCUT2D eigenvalue weighted by molar-refractivity contribution is -0.144. The second-order valence-electron chi connectivity index (χ2n) is 11.7. The van der Waals surface area contributed by atoms with E-state index in [4.69, 9.17) is 4.74 Å². The number of hydrogen-bond acceptors (Lipinski definition) is 5. The SMILES string of the molecule is C=C1CC[C@H]2C(C)(C)CCC[C@]2(C)C1C/C=C(/C=O)CC(=O)OCc1cn(Cc2ccc(F)cc2)nn1. The van der Waals surface area contributed by atoms with Crippen LogP contribution in [0.1, 0.15) is 77.0 Å². The topological polar surface area (TPSA) is 74.1 Å². The zero-order valence-electron chi connectivity index (χ0n) is 22.2. The Hall–Kier alpha value is -3.09. The van der Waals surface area contributed by atoms with E-state index in [1.165, 1.54) is 43.4 Å². The van der Waals surface area contributed by atoms with E-state index in [0.717, 1.165) is 24.7 Å². The van der Waals surface area contributed by atoms with Crippen LogP contribution in [0.2, 0.25) is 0 Å². The Bertz CT molecular complexity index is 1170. The fourth-order valence-corrected chi connectivity index (χ4v) is 6.77. The van der Waals surface area contributed by atoms with E-state index in [-0.39, 0.29) is 24.3 Å². The van der Waals surface area contributed by atoms with Gasteiger partial charge in [-0.3, -0.25) is 9.59 Å². The highest BCUT2D eigenvalue weighted by atomic mass is 19.1. The zero-order valence-corrected chi connectivity index (χ0v) is 22.2. The Kier molecular flexibility index (Phi) is 8.10. The van der Waals surface area contributed by atoms with Gasteiger partial charge in [-0.1, -0.05) is 62.8 Å². The molecule has 0 bridgehead atoms. The minimum absolute atomic E-state index is 0.0251. The quantitative estimate of drug-likeness (QED) is 0.175. The van der Waals surface area contributed by atoms with E-state index < -0.39 is 5.97 Å². The largest absolute Gasteiger partial charge is 0.459 e. The number of halogens is 1. The molecule has 2 saturated carbocycles. The maximum absolute atomic E-state index is 13.1. The lowest BCUT2D eigenvalue weighted by Crippen LogP contribution is -2.49. The van der Waals surface area contributed by atoms with Gasteiger partial charge >= 0.3 is 5.97 Å². The lowest BCUT2D eigenvalue weighted by Gasteiger charge is -2.58. The summed E-state index contributed by atoms with van der Waals surface area (Å²) in [5, 5.41) is 8.07. The van der Waals surface area contributed by atoms with Gasteiger partial charge in [-0.15, -0.1) is 5.10 Å². The van der Waals surface area contributed by atoms with Gasteiger partial charge in [0.05, 0.1) is 19.2 Å². The third-order valence-corrected chi connectivity index (χ3v) is 8.66. The van der Waals surface area contributed by atoms with Gasteiger partial charge in [-0.2, -0.15) is 0 Å². The molecule has 1 aromatic heterocycles. The Morgan fingerprint density at radius 3 is 2.73 bits per heavy atom. The number of rotatable bonds is 9. The van der Waals surface area contributed by atoms with E-state index in [9.17, 15) is 14.0 Å². The first-order valence-corrected chi connectivity index (χ1v) is 13.2. The third kappa shape index (κ3) is 6.25. The number of esters is 1. The van der Waals surface area contributed by atoms with Gasteiger partial charge in [0.1, 0.15) is 24.4 Å². The molecule has 1 unspecified atom stereocenters. The Morgan fingerprint density at radius 1 is 1.24 bits per heavy atom. The summed E-state index contributed by atoms with van der Waals surface area (Å²) in [6.07, 6.45) is 10.9. The molecule has 1 aromatic carbocycles. The Labute approximate surface area is 219 Å². The van der Waals surface area contributed by atoms with Gasteiger partial charge in [0.15, 0.2) is 0 Å². The molecule has 0 saturated heterocycles. The molecule has 2 aromatic rings. The molecule has 198 valence electrons. The minimum Gasteiger partial charge on any atom is -0.459 e. The van der Waals surface area contributed by atoms with Gasteiger partial charge in [0.2, 0.25) is 0 Å². The van der Waals surface area contributed by atoms with Crippen molar-refractivity contribution in [1.82, 2.24) is 15.0 Å². The number of benzene rings is 1. The van der Waals surface area contributed by atoms with Crippen molar-refractivity contribution in [1.29, 1.82) is 0 Å². The molecule has 3 atom stereocenters. The van der Waals surface area contributed by atoms with Crippen molar-refractivity contribution >= 4 is 12.3 Å². The highest BCUT2D eigenvalue weighted by Crippen LogP contribution is 2.61. The molecule has 7 heteroatoms. The van der Waals surface area contributed by atoms with Crippen molar-refractivity contribution in [3.05, 3.63) is 71.3 Å². The average Bonchev–Trinajstić information content (AvgIpc) is 3.29. The maximum atomic E-state index is 13.1. The highest BCUT2D eigenvalue weighted by molar-refractivity contribution is 5.84. The first-order valence-electron chi connectivity index (χ1n) is 13.2. The summed E-state index contributed by atoms with van der Waals surface area (Å²) >= 11 is 0.